The molecular weight excluding hydrogens is 268 g/mol. The lowest BCUT2D eigenvalue weighted by Gasteiger charge is -2.13. The molecule has 0 aliphatic rings. The van der Waals surface area contributed by atoms with Crippen LogP contribution in [-0.4, -0.2) is 11.5 Å². The van der Waals surface area contributed by atoms with Gasteiger partial charge in [-0.05, 0) is 26.0 Å². The molecule has 0 aliphatic carbocycles. The Hall–Kier alpha value is -2.56. The molecule has 110 valence electrons. The van der Waals surface area contributed by atoms with Crippen LogP contribution >= 0.6 is 0 Å². The molecule has 0 unspecified atom stereocenters. The Morgan fingerprint density at radius 2 is 1.95 bits per heavy atom. The Kier molecular flexibility index (Phi) is 4.77. The molecule has 1 N–H and O–H groups in total. The van der Waals surface area contributed by atoms with Gasteiger partial charge >= 0.3 is 0 Å². The van der Waals surface area contributed by atoms with Crippen molar-refractivity contribution in [3.05, 3.63) is 63.7 Å². The van der Waals surface area contributed by atoms with Gasteiger partial charge in [-0.3, -0.25) is 10.1 Å². The van der Waals surface area contributed by atoms with Gasteiger partial charge in [0.2, 0.25) is 0 Å². The van der Waals surface area contributed by atoms with Crippen LogP contribution in [0.2, 0.25) is 0 Å². The van der Waals surface area contributed by atoms with E-state index in [9.17, 15) is 10.1 Å². The van der Waals surface area contributed by atoms with Crippen molar-refractivity contribution in [2.45, 2.75) is 20.4 Å². The second kappa shape index (κ2) is 6.74. The predicted molar refractivity (Wildman–Crippen MR) is 82.8 cm³/mol. The van der Waals surface area contributed by atoms with E-state index in [0.29, 0.717) is 18.7 Å². The van der Waals surface area contributed by atoms with E-state index in [1.807, 2.05) is 37.3 Å². The van der Waals surface area contributed by atoms with Gasteiger partial charge in [0, 0.05) is 29.4 Å². The lowest BCUT2D eigenvalue weighted by atomic mass is 10.1. The van der Waals surface area contributed by atoms with E-state index >= 15 is 0 Å². The molecule has 0 amide bonds. The van der Waals surface area contributed by atoms with Crippen LogP contribution in [0.1, 0.15) is 18.1 Å². The maximum absolute atomic E-state index is 10.9. The summed E-state index contributed by atoms with van der Waals surface area (Å²) in [5.74, 6) is 0.829. The van der Waals surface area contributed by atoms with Gasteiger partial charge in [0.1, 0.15) is 5.75 Å². The average molecular weight is 286 g/mol. The van der Waals surface area contributed by atoms with Gasteiger partial charge in [-0.1, -0.05) is 24.3 Å². The van der Waals surface area contributed by atoms with Crippen molar-refractivity contribution in [2.75, 3.05) is 11.9 Å². The third kappa shape index (κ3) is 3.51. The van der Waals surface area contributed by atoms with Crippen LogP contribution in [0, 0.1) is 17.0 Å². The molecule has 0 aliphatic heterocycles. The molecular formula is C16H18N2O3. The summed E-state index contributed by atoms with van der Waals surface area (Å²) in [5.41, 5.74) is 2.54. The van der Waals surface area contributed by atoms with Crippen LogP contribution in [-0.2, 0) is 6.54 Å². The minimum Gasteiger partial charge on any atom is -0.494 e. The minimum absolute atomic E-state index is 0.123. The Morgan fingerprint density at radius 3 is 2.67 bits per heavy atom. The zero-order valence-corrected chi connectivity index (χ0v) is 12.1. The van der Waals surface area contributed by atoms with Gasteiger partial charge in [-0.15, -0.1) is 0 Å². The van der Waals surface area contributed by atoms with E-state index in [-0.39, 0.29) is 10.6 Å². The summed E-state index contributed by atoms with van der Waals surface area (Å²) < 4.78 is 5.57. The van der Waals surface area contributed by atoms with Crippen molar-refractivity contribution in [1.29, 1.82) is 0 Å². The van der Waals surface area contributed by atoms with Crippen LogP contribution in [0.15, 0.2) is 42.5 Å². The lowest BCUT2D eigenvalue weighted by molar-refractivity contribution is -0.385. The van der Waals surface area contributed by atoms with E-state index < -0.39 is 0 Å². The summed E-state index contributed by atoms with van der Waals surface area (Å²) in [5, 5.41) is 14.2. The monoisotopic (exact) mass is 286 g/mol. The fraction of sp³-hybridized carbons (Fsp3) is 0.250. The van der Waals surface area contributed by atoms with Crippen LogP contribution in [0.5, 0.6) is 5.75 Å². The first kappa shape index (κ1) is 14.8. The Morgan fingerprint density at radius 1 is 1.19 bits per heavy atom. The standard InChI is InChI=1S/C16H18N2O3/c1-3-21-16-10-5-4-7-13(16)11-17-14-8-6-9-15(12(14)2)18(19)20/h4-10,17H,3,11H2,1-2H3. The number of ether oxygens (including phenoxy) is 1. The van der Waals surface area contributed by atoms with Crippen molar-refractivity contribution < 1.29 is 9.66 Å². The van der Waals surface area contributed by atoms with Crippen LogP contribution in [0.25, 0.3) is 0 Å². The fourth-order valence-electron chi connectivity index (χ4n) is 2.15. The fourth-order valence-corrected chi connectivity index (χ4v) is 2.15. The summed E-state index contributed by atoms with van der Waals surface area (Å²) in [7, 11) is 0. The first-order valence-corrected chi connectivity index (χ1v) is 6.82. The third-order valence-electron chi connectivity index (χ3n) is 3.24. The van der Waals surface area contributed by atoms with Crippen molar-refractivity contribution >= 4 is 11.4 Å². The molecule has 0 heterocycles. The molecule has 2 aromatic rings. The Balaban J connectivity index is 2.17. The van der Waals surface area contributed by atoms with Crippen molar-refractivity contribution in [1.82, 2.24) is 0 Å². The van der Waals surface area contributed by atoms with Gasteiger partial charge in [-0.25, -0.2) is 0 Å². The molecule has 0 radical (unpaired) electrons. The second-order valence-corrected chi connectivity index (χ2v) is 4.60. The Bertz CT molecular complexity index is 641. The predicted octanol–water partition coefficient (Wildman–Crippen LogP) is 3.91. The first-order chi connectivity index (χ1) is 10.1. The molecule has 0 saturated heterocycles. The molecule has 2 aromatic carbocycles. The number of rotatable bonds is 6. The number of hydrogen-bond donors (Lipinski definition) is 1. The normalized spacial score (nSPS) is 10.2. The molecule has 0 atom stereocenters. The summed E-state index contributed by atoms with van der Waals surface area (Å²) in [6.07, 6.45) is 0. The highest BCUT2D eigenvalue weighted by molar-refractivity contribution is 5.60. The lowest BCUT2D eigenvalue weighted by Crippen LogP contribution is -2.05. The van der Waals surface area contributed by atoms with E-state index in [0.717, 1.165) is 17.0 Å². The number of para-hydroxylation sites is 1. The number of anilines is 1. The van der Waals surface area contributed by atoms with E-state index in [1.54, 1.807) is 13.0 Å². The van der Waals surface area contributed by atoms with Crippen LogP contribution < -0.4 is 10.1 Å². The first-order valence-electron chi connectivity index (χ1n) is 6.82. The van der Waals surface area contributed by atoms with E-state index in [2.05, 4.69) is 5.32 Å². The molecule has 0 saturated carbocycles. The van der Waals surface area contributed by atoms with E-state index in [1.165, 1.54) is 6.07 Å². The maximum Gasteiger partial charge on any atom is 0.274 e. The van der Waals surface area contributed by atoms with Crippen molar-refractivity contribution in [2.24, 2.45) is 0 Å². The molecule has 0 fully saturated rings. The van der Waals surface area contributed by atoms with Crippen LogP contribution in [0.4, 0.5) is 11.4 Å². The smallest absolute Gasteiger partial charge is 0.274 e. The third-order valence-corrected chi connectivity index (χ3v) is 3.24. The average Bonchev–Trinajstić information content (AvgIpc) is 2.47. The molecule has 21 heavy (non-hydrogen) atoms. The summed E-state index contributed by atoms with van der Waals surface area (Å²) >= 11 is 0. The van der Waals surface area contributed by atoms with Gasteiger partial charge in [0.25, 0.3) is 5.69 Å². The topological polar surface area (TPSA) is 64.4 Å². The number of hydrogen-bond acceptors (Lipinski definition) is 4. The molecule has 5 heteroatoms. The zero-order chi connectivity index (χ0) is 15.2. The highest BCUT2D eigenvalue weighted by Gasteiger charge is 2.13. The molecule has 2 rings (SSSR count). The number of nitrogens with one attached hydrogen (secondary N) is 1. The minimum atomic E-state index is -0.366. The van der Waals surface area contributed by atoms with Crippen molar-refractivity contribution in [3.8, 4) is 5.75 Å². The maximum atomic E-state index is 10.9. The molecule has 0 aromatic heterocycles. The van der Waals surface area contributed by atoms with E-state index in [4.69, 9.17) is 4.74 Å². The molecule has 0 spiro atoms. The van der Waals surface area contributed by atoms with Gasteiger partial charge in [-0.2, -0.15) is 0 Å². The van der Waals surface area contributed by atoms with Crippen molar-refractivity contribution in [3.63, 3.8) is 0 Å². The van der Waals surface area contributed by atoms with Gasteiger partial charge in [0.15, 0.2) is 0 Å². The van der Waals surface area contributed by atoms with Crippen LogP contribution in [0.3, 0.4) is 0 Å². The van der Waals surface area contributed by atoms with Gasteiger partial charge < -0.3 is 10.1 Å². The highest BCUT2D eigenvalue weighted by atomic mass is 16.6. The highest BCUT2D eigenvalue weighted by Crippen LogP contribution is 2.26. The Labute approximate surface area is 123 Å². The molecule has 5 nitrogen and oxygen atoms in total. The number of benzene rings is 2. The van der Waals surface area contributed by atoms with Gasteiger partial charge in [0.05, 0.1) is 11.5 Å². The zero-order valence-electron chi connectivity index (χ0n) is 12.1. The SMILES string of the molecule is CCOc1ccccc1CNc1cccc([N+](=O)[O-])c1C. The number of nitro benzene ring substituents is 1. The number of nitro groups is 1. The summed E-state index contributed by atoms with van der Waals surface area (Å²) in [6.45, 7) is 4.84. The largest absolute Gasteiger partial charge is 0.494 e. The number of nitrogens with zero attached hydrogens (tertiary/aromatic N) is 1. The molecule has 0 bridgehead atoms. The quantitative estimate of drug-likeness (QED) is 0.646. The summed E-state index contributed by atoms with van der Waals surface area (Å²) in [4.78, 5) is 10.6. The second-order valence-electron chi connectivity index (χ2n) is 4.60. The summed E-state index contributed by atoms with van der Waals surface area (Å²) in [6, 6.07) is 12.8.